The number of hydrogen-bond donors (Lipinski definition) is 3. The van der Waals surface area contributed by atoms with Gasteiger partial charge in [0.1, 0.15) is 0 Å². The highest BCUT2D eigenvalue weighted by molar-refractivity contribution is 5.90. The van der Waals surface area contributed by atoms with Gasteiger partial charge in [-0.1, -0.05) is 12.1 Å². The molecule has 114 valence electrons. The second kappa shape index (κ2) is 5.55. The van der Waals surface area contributed by atoms with Crippen molar-refractivity contribution in [1.29, 1.82) is 0 Å². The van der Waals surface area contributed by atoms with E-state index >= 15 is 0 Å². The molecule has 1 aromatic carbocycles. The van der Waals surface area contributed by atoms with Gasteiger partial charge in [0, 0.05) is 17.8 Å². The summed E-state index contributed by atoms with van der Waals surface area (Å²) in [5, 5.41) is 21.5. The lowest BCUT2D eigenvalue weighted by molar-refractivity contribution is 0.371. The number of rotatable bonds is 4. The van der Waals surface area contributed by atoms with Crippen LogP contribution in [0.3, 0.4) is 0 Å². The second-order valence-electron chi connectivity index (χ2n) is 5.20. The van der Waals surface area contributed by atoms with Gasteiger partial charge in [-0.3, -0.25) is 5.10 Å². The number of fused-ring (bicyclic) bond motifs is 1. The highest BCUT2D eigenvalue weighted by atomic mass is 16.5. The number of phenolic OH excluding ortho intramolecular Hbond substituents is 1. The summed E-state index contributed by atoms with van der Waals surface area (Å²) in [6.45, 7) is 4.42. The van der Waals surface area contributed by atoms with Crippen molar-refractivity contribution in [2.24, 2.45) is 0 Å². The van der Waals surface area contributed by atoms with E-state index in [0.717, 1.165) is 33.7 Å². The number of ether oxygens (including phenoxy) is 1. The molecule has 6 heteroatoms. The van der Waals surface area contributed by atoms with Gasteiger partial charge in [0.05, 0.1) is 12.5 Å². The zero-order valence-corrected chi connectivity index (χ0v) is 12.8. The number of nitrogens with one attached hydrogen (secondary N) is 2. The summed E-state index contributed by atoms with van der Waals surface area (Å²) in [6, 6.07) is 7.43. The molecular formula is C16H18N4O2. The standard InChI is InChI=1S/C16H18N4O2/c1-9-7-10(2)18-16-13(9)15(19-20-16)17-8-11-5-4-6-12(22-3)14(11)21/h4-7,21H,8H2,1-3H3,(H2,17,18,19,20). The topological polar surface area (TPSA) is 83.1 Å². The third-order valence-corrected chi connectivity index (χ3v) is 3.60. The minimum absolute atomic E-state index is 0.142. The van der Waals surface area contributed by atoms with E-state index in [2.05, 4.69) is 20.5 Å². The number of aromatic hydroxyl groups is 1. The molecule has 0 radical (unpaired) electrons. The van der Waals surface area contributed by atoms with Crippen LogP contribution >= 0.6 is 0 Å². The summed E-state index contributed by atoms with van der Waals surface area (Å²) >= 11 is 0. The minimum Gasteiger partial charge on any atom is -0.504 e. The van der Waals surface area contributed by atoms with Gasteiger partial charge in [0.15, 0.2) is 23.0 Å². The van der Waals surface area contributed by atoms with Crippen molar-refractivity contribution in [3.05, 3.63) is 41.1 Å². The van der Waals surface area contributed by atoms with Crippen molar-refractivity contribution < 1.29 is 9.84 Å². The Morgan fingerprint density at radius 2 is 2.14 bits per heavy atom. The molecule has 0 spiro atoms. The predicted octanol–water partition coefficient (Wildman–Crippen LogP) is 2.90. The molecule has 0 aliphatic heterocycles. The van der Waals surface area contributed by atoms with Crippen LogP contribution in [0.1, 0.15) is 16.8 Å². The fourth-order valence-electron chi connectivity index (χ4n) is 2.56. The zero-order chi connectivity index (χ0) is 15.7. The number of methoxy groups -OCH3 is 1. The fraction of sp³-hybridized carbons (Fsp3) is 0.250. The Morgan fingerprint density at radius 1 is 1.32 bits per heavy atom. The Balaban J connectivity index is 1.89. The maximum absolute atomic E-state index is 10.1. The summed E-state index contributed by atoms with van der Waals surface area (Å²) < 4.78 is 5.12. The van der Waals surface area contributed by atoms with Crippen molar-refractivity contribution in [3.63, 3.8) is 0 Å². The SMILES string of the molecule is COc1cccc(CNc2n[nH]c3nc(C)cc(C)c23)c1O. The van der Waals surface area contributed by atoms with E-state index < -0.39 is 0 Å². The first-order chi connectivity index (χ1) is 10.6. The highest BCUT2D eigenvalue weighted by Crippen LogP contribution is 2.30. The van der Waals surface area contributed by atoms with Crippen LogP contribution in [-0.4, -0.2) is 27.4 Å². The molecule has 22 heavy (non-hydrogen) atoms. The van der Waals surface area contributed by atoms with Gasteiger partial charge < -0.3 is 15.2 Å². The van der Waals surface area contributed by atoms with Crippen LogP contribution in [0.2, 0.25) is 0 Å². The van der Waals surface area contributed by atoms with Crippen molar-refractivity contribution in [3.8, 4) is 11.5 Å². The third kappa shape index (κ3) is 2.43. The lowest BCUT2D eigenvalue weighted by Crippen LogP contribution is -2.01. The van der Waals surface area contributed by atoms with E-state index in [1.807, 2.05) is 32.0 Å². The molecule has 3 rings (SSSR count). The minimum atomic E-state index is 0.142. The Labute approximate surface area is 128 Å². The number of benzene rings is 1. The monoisotopic (exact) mass is 298 g/mol. The van der Waals surface area contributed by atoms with Gasteiger partial charge in [-0.05, 0) is 31.5 Å². The van der Waals surface area contributed by atoms with Crippen LogP contribution < -0.4 is 10.1 Å². The number of aromatic amines is 1. The van der Waals surface area contributed by atoms with Crippen molar-refractivity contribution in [2.45, 2.75) is 20.4 Å². The largest absolute Gasteiger partial charge is 0.504 e. The maximum Gasteiger partial charge on any atom is 0.162 e. The Hall–Kier alpha value is -2.76. The summed E-state index contributed by atoms with van der Waals surface area (Å²) in [7, 11) is 1.53. The fourth-order valence-corrected chi connectivity index (χ4v) is 2.56. The Kier molecular flexibility index (Phi) is 3.58. The zero-order valence-electron chi connectivity index (χ0n) is 12.8. The summed E-state index contributed by atoms with van der Waals surface area (Å²) in [6.07, 6.45) is 0. The van der Waals surface area contributed by atoms with Crippen LogP contribution in [0.5, 0.6) is 11.5 Å². The summed E-state index contributed by atoms with van der Waals surface area (Å²) in [5.41, 5.74) is 3.56. The molecule has 0 amide bonds. The van der Waals surface area contributed by atoms with Crippen LogP contribution in [-0.2, 0) is 6.54 Å². The average Bonchev–Trinajstić information content (AvgIpc) is 2.89. The van der Waals surface area contributed by atoms with Crippen molar-refractivity contribution in [2.75, 3.05) is 12.4 Å². The van der Waals surface area contributed by atoms with Gasteiger partial charge in [0.25, 0.3) is 0 Å². The molecule has 0 unspecified atom stereocenters. The van der Waals surface area contributed by atoms with Crippen LogP contribution in [0.25, 0.3) is 11.0 Å². The molecule has 0 saturated carbocycles. The van der Waals surface area contributed by atoms with E-state index in [1.165, 1.54) is 7.11 Å². The van der Waals surface area contributed by atoms with Crippen LogP contribution in [0, 0.1) is 13.8 Å². The van der Waals surface area contributed by atoms with E-state index in [0.29, 0.717) is 12.3 Å². The first-order valence-corrected chi connectivity index (χ1v) is 7.01. The number of pyridine rings is 1. The molecule has 0 aliphatic rings. The van der Waals surface area contributed by atoms with Crippen molar-refractivity contribution in [1.82, 2.24) is 15.2 Å². The first kappa shape index (κ1) is 14.2. The summed E-state index contributed by atoms with van der Waals surface area (Å²) in [4.78, 5) is 4.43. The predicted molar refractivity (Wildman–Crippen MR) is 85.3 cm³/mol. The Bertz CT molecular complexity index is 826. The van der Waals surface area contributed by atoms with E-state index in [9.17, 15) is 5.11 Å². The maximum atomic E-state index is 10.1. The number of nitrogens with zero attached hydrogens (tertiary/aromatic N) is 2. The molecule has 2 aromatic heterocycles. The van der Waals surface area contributed by atoms with E-state index in [4.69, 9.17) is 4.74 Å². The number of anilines is 1. The molecule has 0 saturated heterocycles. The molecular weight excluding hydrogens is 280 g/mol. The van der Waals surface area contributed by atoms with E-state index in [1.54, 1.807) is 6.07 Å². The van der Waals surface area contributed by atoms with Crippen LogP contribution in [0.15, 0.2) is 24.3 Å². The molecule has 0 aliphatic carbocycles. The lowest BCUT2D eigenvalue weighted by atomic mass is 10.1. The molecule has 3 N–H and O–H groups in total. The number of hydrogen-bond acceptors (Lipinski definition) is 5. The van der Waals surface area contributed by atoms with Crippen molar-refractivity contribution >= 4 is 16.9 Å². The van der Waals surface area contributed by atoms with Gasteiger partial charge in [-0.15, -0.1) is 0 Å². The number of phenols is 1. The van der Waals surface area contributed by atoms with E-state index in [-0.39, 0.29) is 5.75 Å². The third-order valence-electron chi connectivity index (χ3n) is 3.60. The lowest BCUT2D eigenvalue weighted by Gasteiger charge is -2.10. The molecule has 3 aromatic rings. The summed E-state index contributed by atoms with van der Waals surface area (Å²) in [5.74, 6) is 1.32. The second-order valence-corrected chi connectivity index (χ2v) is 5.20. The number of para-hydroxylation sites is 1. The molecule has 0 atom stereocenters. The smallest absolute Gasteiger partial charge is 0.162 e. The highest BCUT2D eigenvalue weighted by Gasteiger charge is 2.12. The normalized spacial score (nSPS) is 10.9. The molecule has 2 heterocycles. The molecule has 0 bridgehead atoms. The number of H-pyrrole nitrogens is 1. The first-order valence-electron chi connectivity index (χ1n) is 7.01. The number of aromatic nitrogens is 3. The quantitative estimate of drug-likeness (QED) is 0.690. The van der Waals surface area contributed by atoms with Crippen LogP contribution in [0.4, 0.5) is 5.82 Å². The van der Waals surface area contributed by atoms with Gasteiger partial charge in [0.2, 0.25) is 0 Å². The number of aryl methyl sites for hydroxylation is 2. The average molecular weight is 298 g/mol. The van der Waals surface area contributed by atoms with Gasteiger partial charge in [-0.2, -0.15) is 5.10 Å². The molecule has 0 fully saturated rings. The Morgan fingerprint density at radius 3 is 2.91 bits per heavy atom. The van der Waals surface area contributed by atoms with Gasteiger partial charge in [-0.25, -0.2) is 4.98 Å². The van der Waals surface area contributed by atoms with Gasteiger partial charge >= 0.3 is 0 Å². The molecule has 6 nitrogen and oxygen atoms in total.